The normalized spacial score (nSPS) is 21.1. The van der Waals surface area contributed by atoms with Crippen molar-refractivity contribution in [2.45, 2.75) is 44.6 Å². The Kier molecular flexibility index (Phi) is 9.51. The second-order valence-corrected chi connectivity index (χ2v) is 10.6. The second-order valence-electron chi connectivity index (χ2n) is 10.2. The minimum Gasteiger partial charge on any atom is -0.496 e. The summed E-state index contributed by atoms with van der Waals surface area (Å²) in [6.07, 6.45) is 9.79. The summed E-state index contributed by atoms with van der Waals surface area (Å²) in [5.74, 6) is 1.47. The lowest BCUT2D eigenvalue weighted by molar-refractivity contribution is -0.127. The van der Waals surface area contributed by atoms with Crippen molar-refractivity contribution in [3.05, 3.63) is 34.9 Å². The molecule has 0 aromatic heterocycles. The highest BCUT2D eigenvalue weighted by Crippen LogP contribution is 2.29. The lowest BCUT2D eigenvalue weighted by atomic mass is 9.94. The number of halogens is 1. The van der Waals surface area contributed by atoms with Crippen LogP contribution in [0.4, 0.5) is 5.69 Å². The number of carbonyl (C=O) groups excluding carboxylic acids is 2. The number of anilines is 1. The number of rotatable bonds is 7. The maximum absolute atomic E-state index is 12.8. The van der Waals surface area contributed by atoms with Crippen molar-refractivity contribution in [3.8, 4) is 5.75 Å². The molecule has 0 atom stereocenters. The molecule has 3 saturated heterocycles. The van der Waals surface area contributed by atoms with Crippen LogP contribution in [0.15, 0.2) is 24.3 Å². The van der Waals surface area contributed by atoms with Crippen LogP contribution in [0, 0.1) is 11.8 Å². The Morgan fingerprint density at radius 1 is 1.11 bits per heavy atom. The molecular weight excluding hydrogens is 480 g/mol. The average molecular weight is 519 g/mol. The first-order chi connectivity index (χ1) is 17.4. The number of nitrogens with one attached hydrogen (secondary N) is 1. The summed E-state index contributed by atoms with van der Waals surface area (Å²) in [5.41, 5.74) is 6.62. The summed E-state index contributed by atoms with van der Waals surface area (Å²) in [7, 11) is 1.52. The number of nitrogens with zero attached hydrogens (tertiary/aromatic N) is 2. The monoisotopic (exact) mass is 518 g/mol. The first-order valence-electron chi connectivity index (χ1n) is 13.1. The zero-order chi connectivity index (χ0) is 25.5. The van der Waals surface area contributed by atoms with Crippen molar-refractivity contribution < 1.29 is 19.1 Å². The van der Waals surface area contributed by atoms with Crippen molar-refractivity contribution in [2.75, 3.05) is 58.8 Å². The van der Waals surface area contributed by atoms with Gasteiger partial charge in [-0.05, 0) is 62.5 Å². The summed E-state index contributed by atoms with van der Waals surface area (Å²) >= 11 is 6.12. The number of likely N-dealkylation sites (tertiary alicyclic amines) is 2. The van der Waals surface area contributed by atoms with E-state index in [1.807, 2.05) is 4.90 Å². The molecule has 2 amide bonds. The molecule has 8 nitrogen and oxygen atoms in total. The van der Waals surface area contributed by atoms with E-state index in [1.165, 1.54) is 7.11 Å². The molecule has 0 bridgehead atoms. The van der Waals surface area contributed by atoms with Crippen molar-refractivity contribution in [1.29, 1.82) is 0 Å². The van der Waals surface area contributed by atoms with Gasteiger partial charge in [0.25, 0.3) is 5.91 Å². The van der Waals surface area contributed by atoms with E-state index in [0.717, 1.165) is 84.5 Å². The van der Waals surface area contributed by atoms with Gasteiger partial charge in [0.15, 0.2) is 0 Å². The molecule has 1 aromatic carbocycles. The number of piperidine rings is 2. The van der Waals surface area contributed by atoms with E-state index >= 15 is 0 Å². The highest BCUT2D eigenvalue weighted by molar-refractivity contribution is 6.33. The third kappa shape index (κ3) is 7.14. The van der Waals surface area contributed by atoms with Gasteiger partial charge in [-0.15, -0.1) is 0 Å². The third-order valence-corrected chi connectivity index (χ3v) is 8.03. The molecule has 1 aromatic rings. The molecule has 3 N–H and O–H groups in total. The van der Waals surface area contributed by atoms with Crippen LogP contribution in [0.2, 0.25) is 5.02 Å². The van der Waals surface area contributed by atoms with Gasteiger partial charge in [0.05, 0.1) is 23.4 Å². The van der Waals surface area contributed by atoms with Gasteiger partial charge in [0, 0.05) is 58.0 Å². The highest BCUT2D eigenvalue weighted by atomic mass is 35.5. The fourth-order valence-electron chi connectivity index (χ4n) is 5.37. The molecule has 198 valence electrons. The van der Waals surface area contributed by atoms with E-state index in [2.05, 4.69) is 16.3 Å². The number of nitrogens with two attached hydrogens (primary N) is 1. The number of carbonyl (C=O) groups is 2. The molecule has 9 heteroatoms. The number of nitrogen functional groups attached to an aromatic ring is 1. The van der Waals surface area contributed by atoms with Gasteiger partial charge < -0.3 is 30.3 Å². The van der Waals surface area contributed by atoms with Crippen molar-refractivity contribution in [2.24, 2.45) is 11.8 Å². The van der Waals surface area contributed by atoms with E-state index in [0.29, 0.717) is 33.9 Å². The standard InChI is InChI=1S/C27H39ClN4O4/c1-35-25-17-24(29)23(28)16-22(25)27(34)30-21-6-10-31(11-7-21)18-20-4-12-32(13-5-20)26(33)3-2-19-8-14-36-15-9-19/h2-3,16-17,19-21H,4-15,18,29H2,1H3,(H,30,34)/b3-2+. The maximum Gasteiger partial charge on any atom is 0.255 e. The second kappa shape index (κ2) is 12.8. The van der Waals surface area contributed by atoms with Gasteiger partial charge in [-0.2, -0.15) is 0 Å². The highest BCUT2D eigenvalue weighted by Gasteiger charge is 2.27. The van der Waals surface area contributed by atoms with Crippen molar-refractivity contribution in [1.82, 2.24) is 15.1 Å². The Bertz CT molecular complexity index is 934. The van der Waals surface area contributed by atoms with E-state index in [1.54, 1.807) is 18.2 Å². The van der Waals surface area contributed by atoms with Crippen LogP contribution in [-0.4, -0.2) is 80.7 Å². The van der Waals surface area contributed by atoms with Crippen LogP contribution in [0.3, 0.4) is 0 Å². The lowest BCUT2D eigenvalue weighted by Crippen LogP contribution is -2.47. The molecule has 3 fully saturated rings. The Morgan fingerprint density at radius 2 is 1.81 bits per heavy atom. The van der Waals surface area contributed by atoms with Gasteiger partial charge in [-0.25, -0.2) is 0 Å². The fraction of sp³-hybridized carbons (Fsp3) is 0.630. The number of methoxy groups -OCH3 is 1. The molecule has 0 aliphatic carbocycles. The van der Waals surface area contributed by atoms with E-state index in [9.17, 15) is 9.59 Å². The SMILES string of the molecule is COc1cc(N)c(Cl)cc1C(=O)NC1CCN(CC2CCN(C(=O)/C=C/C3CCOCC3)CC2)CC1. The number of ether oxygens (including phenoxy) is 2. The van der Waals surface area contributed by atoms with Crippen LogP contribution in [0.5, 0.6) is 5.75 Å². The molecule has 36 heavy (non-hydrogen) atoms. The summed E-state index contributed by atoms with van der Waals surface area (Å²) in [6.45, 7) is 6.23. The zero-order valence-electron chi connectivity index (χ0n) is 21.2. The first kappa shape index (κ1) is 26.8. The van der Waals surface area contributed by atoms with Crippen LogP contribution in [-0.2, 0) is 9.53 Å². The van der Waals surface area contributed by atoms with Gasteiger partial charge in [-0.3, -0.25) is 9.59 Å². The lowest BCUT2D eigenvalue weighted by Gasteiger charge is -2.37. The van der Waals surface area contributed by atoms with Crippen LogP contribution in [0.1, 0.15) is 48.9 Å². The van der Waals surface area contributed by atoms with Crippen LogP contribution < -0.4 is 15.8 Å². The van der Waals surface area contributed by atoms with Crippen molar-refractivity contribution >= 4 is 29.1 Å². The third-order valence-electron chi connectivity index (χ3n) is 7.71. The molecule has 0 unspecified atom stereocenters. The molecule has 0 spiro atoms. The molecule has 0 radical (unpaired) electrons. The number of amides is 2. The molecule has 3 heterocycles. The minimum absolute atomic E-state index is 0.122. The number of hydrogen-bond donors (Lipinski definition) is 2. The summed E-state index contributed by atoms with van der Waals surface area (Å²) in [5, 5.41) is 3.48. The first-order valence-corrected chi connectivity index (χ1v) is 13.5. The van der Waals surface area contributed by atoms with Gasteiger partial charge in [0.2, 0.25) is 5.91 Å². The van der Waals surface area contributed by atoms with Crippen LogP contribution in [0.25, 0.3) is 0 Å². The predicted octanol–water partition coefficient (Wildman–Crippen LogP) is 3.35. The minimum atomic E-state index is -0.185. The molecular formula is C27H39ClN4O4. The maximum atomic E-state index is 12.8. The Hall–Kier alpha value is -2.29. The molecule has 4 rings (SSSR count). The predicted molar refractivity (Wildman–Crippen MR) is 141 cm³/mol. The summed E-state index contributed by atoms with van der Waals surface area (Å²) in [6, 6.07) is 3.27. The number of hydrogen-bond acceptors (Lipinski definition) is 6. The molecule has 3 aliphatic heterocycles. The van der Waals surface area contributed by atoms with E-state index in [4.69, 9.17) is 26.8 Å². The summed E-state index contributed by atoms with van der Waals surface area (Å²) in [4.78, 5) is 29.9. The van der Waals surface area contributed by atoms with Crippen LogP contribution >= 0.6 is 11.6 Å². The number of benzene rings is 1. The van der Waals surface area contributed by atoms with E-state index in [-0.39, 0.29) is 17.9 Å². The van der Waals surface area contributed by atoms with Crippen molar-refractivity contribution in [3.63, 3.8) is 0 Å². The smallest absolute Gasteiger partial charge is 0.255 e. The quantitative estimate of drug-likeness (QED) is 0.424. The zero-order valence-corrected chi connectivity index (χ0v) is 22.0. The topological polar surface area (TPSA) is 97.1 Å². The Balaban J connectivity index is 1.17. The Morgan fingerprint density at radius 3 is 2.47 bits per heavy atom. The van der Waals surface area contributed by atoms with Gasteiger partial charge in [-0.1, -0.05) is 17.7 Å². The average Bonchev–Trinajstić information content (AvgIpc) is 2.90. The Labute approximate surface area is 219 Å². The fourth-order valence-corrected chi connectivity index (χ4v) is 5.54. The van der Waals surface area contributed by atoms with E-state index < -0.39 is 0 Å². The van der Waals surface area contributed by atoms with Gasteiger partial charge >= 0.3 is 0 Å². The number of allylic oxidation sites excluding steroid dienone is 1. The summed E-state index contributed by atoms with van der Waals surface area (Å²) < 4.78 is 10.7. The van der Waals surface area contributed by atoms with Gasteiger partial charge in [0.1, 0.15) is 5.75 Å². The molecule has 0 saturated carbocycles. The largest absolute Gasteiger partial charge is 0.496 e. The molecule has 3 aliphatic rings.